The summed E-state index contributed by atoms with van der Waals surface area (Å²) in [6.07, 6.45) is -0.474. The third kappa shape index (κ3) is 5.93. The highest BCUT2D eigenvalue weighted by molar-refractivity contribution is 6.19. The lowest BCUT2D eigenvalue weighted by Gasteiger charge is -2.39. The van der Waals surface area contributed by atoms with Gasteiger partial charge in [-0.1, -0.05) is 242 Å². The highest BCUT2D eigenvalue weighted by atomic mass is 15.2. The molecule has 4 heteroatoms. The molecule has 0 radical (unpaired) electrons. The van der Waals surface area contributed by atoms with E-state index >= 15 is 0 Å². The normalized spacial score (nSPS) is 16.2. The fraction of sp³-hybridized carbons (Fsp3) is 0.0294. The van der Waals surface area contributed by atoms with Crippen LogP contribution in [0.4, 0.5) is 0 Å². The summed E-state index contributed by atoms with van der Waals surface area (Å²) in [5, 5.41) is 10.2. The second-order valence-corrected chi connectivity index (χ2v) is 19.2. The monoisotopic (exact) mass is 915 g/mol. The number of para-hydroxylation sites is 3. The molecule has 1 spiro atoms. The Morgan fingerprint density at radius 3 is 1.82 bits per heavy atom. The van der Waals surface area contributed by atoms with E-state index in [1.807, 2.05) is 24.3 Å². The first-order valence-corrected chi connectivity index (χ1v) is 24.8. The first-order chi connectivity index (χ1) is 35.7. The van der Waals surface area contributed by atoms with E-state index < -0.39 is 11.6 Å². The van der Waals surface area contributed by atoms with E-state index in [9.17, 15) is 0 Å². The maximum absolute atomic E-state index is 5.23. The third-order valence-corrected chi connectivity index (χ3v) is 15.4. The van der Waals surface area contributed by atoms with Gasteiger partial charge in [0.15, 0.2) is 0 Å². The molecule has 2 unspecified atom stereocenters. The zero-order chi connectivity index (χ0) is 47.3. The highest BCUT2D eigenvalue weighted by Gasteiger charge is 2.51. The van der Waals surface area contributed by atoms with Crippen LogP contribution in [0.5, 0.6) is 0 Å². The van der Waals surface area contributed by atoms with Crippen LogP contribution in [-0.2, 0) is 5.41 Å². The van der Waals surface area contributed by atoms with E-state index in [2.05, 4.69) is 235 Å². The number of rotatable bonds is 6. The summed E-state index contributed by atoms with van der Waals surface area (Å²) in [4.78, 5) is 10.3. The molecule has 3 aliphatic rings. The van der Waals surface area contributed by atoms with Gasteiger partial charge < -0.3 is 14.9 Å². The molecule has 336 valence electrons. The fourth-order valence-corrected chi connectivity index (χ4v) is 12.2. The van der Waals surface area contributed by atoms with E-state index in [1.54, 1.807) is 0 Å². The molecule has 0 bridgehead atoms. The molecule has 0 fully saturated rings. The van der Waals surface area contributed by atoms with Gasteiger partial charge in [-0.05, 0) is 112 Å². The van der Waals surface area contributed by atoms with Crippen molar-refractivity contribution in [1.82, 2.24) is 4.57 Å². The van der Waals surface area contributed by atoms with Crippen LogP contribution in [-0.4, -0.2) is 16.2 Å². The van der Waals surface area contributed by atoms with Crippen molar-refractivity contribution < 1.29 is 0 Å². The molecule has 4 nitrogen and oxygen atoms in total. The summed E-state index contributed by atoms with van der Waals surface area (Å²) in [5.74, 6) is 1.34. The SMILES string of the molecule is c1ccc(C2=NC(c3ccc(-c4ccccc4)cc3)=NC(c3ccc(-c4c(-c5ccc6c(c5)C5(c7ccccc7-6)c6ccccc6-n6c7ccccc7c7cccc5c76)ccc5ccccc45)cc3)[N-]2)cc1. The Hall–Kier alpha value is -9.38. The quantitative estimate of drug-likeness (QED) is 0.160. The van der Waals surface area contributed by atoms with Crippen molar-refractivity contribution in [3.63, 3.8) is 0 Å². The Morgan fingerprint density at radius 1 is 0.389 bits per heavy atom. The van der Waals surface area contributed by atoms with Crippen molar-refractivity contribution in [2.45, 2.75) is 11.6 Å². The molecule has 1 aliphatic carbocycles. The number of aromatic nitrogens is 1. The van der Waals surface area contributed by atoms with Gasteiger partial charge in [-0.2, -0.15) is 0 Å². The zero-order valence-corrected chi connectivity index (χ0v) is 39.1. The Balaban J connectivity index is 0.877. The minimum atomic E-state index is -0.546. The molecule has 2 atom stereocenters. The largest absolute Gasteiger partial charge is 0.438 e. The zero-order valence-electron chi connectivity index (χ0n) is 39.1. The lowest BCUT2D eigenvalue weighted by molar-refractivity contribution is 0.749. The van der Waals surface area contributed by atoms with Crippen LogP contribution in [0, 0.1) is 0 Å². The second kappa shape index (κ2) is 15.8. The van der Waals surface area contributed by atoms with Gasteiger partial charge in [0, 0.05) is 10.8 Å². The highest BCUT2D eigenvalue weighted by Crippen LogP contribution is 2.61. The van der Waals surface area contributed by atoms with Crippen LogP contribution in [0.25, 0.3) is 88.1 Å². The Morgan fingerprint density at radius 2 is 0.986 bits per heavy atom. The summed E-state index contributed by atoms with van der Waals surface area (Å²) in [6.45, 7) is 0. The van der Waals surface area contributed by atoms with Crippen molar-refractivity contribution in [3.05, 3.63) is 299 Å². The van der Waals surface area contributed by atoms with Crippen LogP contribution in [0.15, 0.2) is 265 Å². The molecule has 3 heterocycles. The van der Waals surface area contributed by atoms with E-state index in [0.717, 1.165) is 27.8 Å². The average Bonchev–Trinajstić information content (AvgIpc) is 3.95. The van der Waals surface area contributed by atoms with Gasteiger partial charge in [-0.3, -0.25) is 4.99 Å². The van der Waals surface area contributed by atoms with Crippen LogP contribution in [0.2, 0.25) is 0 Å². The van der Waals surface area contributed by atoms with Gasteiger partial charge in [0.2, 0.25) is 0 Å². The minimum absolute atomic E-state index is 0.474. The molecular formula is C68H43N4-. The van der Waals surface area contributed by atoms with Gasteiger partial charge in [0.25, 0.3) is 0 Å². The van der Waals surface area contributed by atoms with Crippen molar-refractivity contribution in [2.24, 2.45) is 9.98 Å². The van der Waals surface area contributed by atoms with Gasteiger partial charge in [0.1, 0.15) is 0 Å². The van der Waals surface area contributed by atoms with Gasteiger partial charge in [-0.25, -0.2) is 0 Å². The maximum Gasteiger partial charge on any atom is 0.0822 e. The lowest BCUT2D eigenvalue weighted by atomic mass is 9.65. The standard InChI is InChI=1S/C68H43N4/c1-3-16-43(17-4-1)44-30-34-48(35-31-44)66-69-65(47-19-5-2-6-20-47)70-67(71-66)49-36-32-46(33-37-49)63-51-21-8-7-18-45(51)38-40-52(63)50-39-41-54-53-22-9-11-25-57(53)68(60(54)42-50)58-26-12-14-29-62(58)72-61-28-13-10-23-55(61)56-24-15-27-59(68)64(56)72/h1-42,67H/q-1. The molecule has 15 rings (SSSR count). The summed E-state index contributed by atoms with van der Waals surface area (Å²) in [5.41, 5.74) is 21.0. The average molecular weight is 916 g/mol. The smallest absolute Gasteiger partial charge is 0.0822 e. The Kier molecular flexibility index (Phi) is 8.90. The van der Waals surface area contributed by atoms with Gasteiger partial charge in [-0.15, -0.1) is 0 Å². The number of fused-ring (bicyclic) bond motifs is 13. The predicted molar refractivity (Wildman–Crippen MR) is 298 cm³/mol. The predicted octanol–water partition coefficient (Wildman–Crippen LogP) is 16.9. The van der Waals surface area contributed by atoms with Crippen molar-refractivity contribution in [3.8, 4) is 50.2 Å². The topological polar surface area (TPSA) is 43.8 Å². The van der Waals surface area contributed by atoms with Crippen LogP contribution in [0.3, 0.4) is 0 Å². The molecule has 0 N–H and O–H groups in total. The Bertz CT molecular complexity index is 4220. The fourth-order valence-electron chi connectivity index (χ4n) is 12.2. The van der Waals surface area contributed by atoms with Gasteiger partial charge in [0.05, 0.1) is 34.1 Å². The van der Waals surface area contributed by atoms with Crippen LogP contribution in [0.1, 0.15) is 45.1 Å². The molecule has 2 aliphatic heterocycles. The first-order valence-electron chi connectivity index (χ1n) is 24.8. The molecular weight excluding hydrogens is 873 g/mol. The number of hydrogen-bond acceptors (Lipinski definition) is 2. The summed E-state index contributed by atoms with van der Waals surface area (Å²) in [7, 11) is 0. The van der Waals surface area contributed by atoms with E-state index in [-0.39, 0.29) is 0 Å². The van der Waals surface area contributed by atoms with Crippen LogP contribution >= 0.6 is 0 Å². The van der Waals surface area contributed by atoms with E-state index in [4.69, 9.17) is 15.3 Å². The molecule has 12 aromatic rings. The Labute approximate surface area is 417 Å². The lowest BCUT2D eigenvalue weighted by Crippen LogP contribution is -2.33. The molecule has 0 saturated carbocycles. The van der Waals surface area contributed by atoms with Crippen LogP contribution < -0.4 is 0 Å². The molecule has 11 aromatic carbocycles. The van der Waals surface area contributed by atoms with Crippen molar-refractivity contribution in [2.75, 3.05) is 0 Å². The van der Waals surface area contributed by atoms with Gasteiger partial charge >= 0.3 is 0 Å². The van der Waals surface area contributed by atoms with E-state index in [0.29, 0.717) is 11.7 Å². The second-order valence-electron chi connectivity index (χ2n) is 19.2. The maximum atomic E-state index is 5.23. The number of amidine groups is 2. The van der Waals surface area contributed by atoms with Crippen molar-refractivity contribution >= 4 is 44.2 Å². The van der Waals surface area contributed by atoms with E-state index in [1.165, 1.54) is 93.9 Å². The minimum Gasteiger partial charge on any atom is -0.438 e. The summed E-state index contributed by atoms with van der Waals surface area (Å²) >= 11 is 0. The first kappa shape index (κ1) is 40.5. The third-order valence-electron chi connectivity index (χ3n) is 15.4. The molecule has 1 aromatic heterocycles. The molecule has 72 heavy (non-hydrogen) atoms. The molecule has 0 saturated heterocycles. The summed E-state index contributed by atoms with van der Waals surface area (Å²) in [6, 6.07) is 92.8. The number of hydrogen-bond donors (Lipinski definition) is 0. The number of aliphatic imine (C=N–C) groups is 2. The number of nitrogens with zero attached hydrogens (tertiary/aromatic N) is 4. The van der Waals surface area contributed by atoms with Crippen molar-refractivity contribution in [1.29, 1.82) is 0 Å². The molecule has 0 amide bonds. The summed E-state index contributed by atoms with van der Waals surface area (Å²) < 4.78 is 2.52. The number of benzene rings is 11.